The van der Waals surface area contributed by atoms with E-state index in [0.29, 0.717) is 23.2 Å². The van der Waals surface area contributed by atoms with Crippen molar-refractivity contribution in [2.24, 2.45) is 5.92 Å². The van der Waals surface area contributed by atoms with Gasteiger partial charge in [-0.1, -0.05) is 37.3 Å². The van der Waals surface area contributed by atoms with Gasteiger partial charge in [0, 0.05) is 23.2 Å². The summed E-state index contributed by atoms with van der Waals surface area (Å²) < 4.78 is 13.6. The van der Waals surface area contributed by atoms with Crippen LogP contribution in [0.15, 0.2) is 18.2 Å². The van der Waals surface area contributed by atoms with Gasteiger partial charge in [-0.25, -0.2) is 4.39 Å². The van der Waals surface area contributed by atoms with Crippen LogP contribution in [0.3, 0.4) is 0 Å². The Hall–Kier alpha value is -0.600. The lowest BCUT2D eigenvalue weighted by Gasteiger charge is -2.23. The van der Waals surface area contributed by atoms with Crippen LogP contribution in [0.5, 0.6) is 0 Å². The highest BCUT2D eigenvalue weighted by Crippen LogP contribution is 2.25. The normalized spacial score (nSPS) is 19.1. The van der Waals surface area contributed by atoms with Crippen molar-refractivity contribution in [1.29, 1.82) is 0 Å². The molecule has 1 fully saturated rings. The first kappa shape index (κ1) is 14.8. The Morgan fingerprint density at radius 3 is 2.63 bits per heavy atom. The second-order valence-corrected chi connectivity index (χ2v) is 6.09. The molecule has 1 aliphatic rings. The van der Waals surface area contributed by atoms with Crippen molar-refractivity contribution in [3.05, 3.63) is 34.6 Å². The number of nitrogens with one attached hydrogen (secondary N) is 1. The molecule has 3 heteroatoms. The third-order valence-electron chi connectivity index (χ3n) is 4.23. The van der Waals surface area contributed by atoms with E-state index in [2.05, 4.69) is 12.2 Å². The SMILES string of the molecule is C[C@H](NCc1cc(Cl)ccc1F)C1CCCCCC1. The second-order valence-electron chi connectivity index (χ2n) is 5.66. The second kappa shape index (κ2) is 7.25. The molecule has 0 radical (unpaired) electrons. The lowest BCUT2D eigenvalue weighted by atomic mass is 9.93. The molecule has 0 aliphatic heterocycles. The highest BCUT2D eigenvalue weighted by molar-refractivity contribution is 6.30. The minimum Gasteiger partial charge on any atom is -0.310 e. The van der Waals surface area contributed by atoms with Gasteiger partial charge in [-0.15, -0.1) is 0 Å². The summed E-state index contributed by atoms with van der Waals surface area (Å²) in [6, 6.07) is 5.19. The topological polar surface area (TPSA) is 12.0 Å². The fraction of sp³-hybridized carbons (Fsp3) is 0.625. The van der Waals surface area contributed by atoms with Crippen molar-refractivity contribution in [3.8, 4) is 0 Å². The first-order valence-corrected chi connectivity index (χ1v) is 7.72. The molecule has 19 heavy (non-hydrogen) atoms. The van der Waals surface area contributed by atoms with Gasteiger partial charge in [-0.2, -0.15) is 0 Å². The highest BCUT2D eigenvalue weighted by atomic mass is 35.5. The first-order chi connectivity index (χ1) is 9.16. The maximum Gasteiger partial charge on any atom is 0.127 e. The van der Waals surface area contributed by atoms with E-state index in [1.54, 1.807) is 12.1 Å². The van der Waals surface area contributed by atoms with E-state index in [1.807, 2.05) is 0 Å². The van der Waals surface area contributed by atoms with Crippen molar-refractivity contribution in [2.75, 3.05) is 0 Å². The fourth-order valence-corrected chi connectivity index (χ4v) is 3.12. The number of benzene rings is 1. The van der Waals surface area contributed by atoms with Crippen molar-refractivity contribution in [3.63, 3.8) is 0 Å². The molecule has 0 spiro atoms. The van der Waals surface area contributed by atoms with E-state index in [-0.39, 0.29) is 5.82 Å². The van der Waals surface area contributed by atoms with Crippen molar-refractivity contribution >= 4 is 11.6 Å². The highest BCUT2D eigenvalue weighted by Gasteiger charge is 2.18. The van der Waals surface area contributed by atoms with Crippen LogP contribution in [0.25, 0.3) is 0 Å². The van der Waals surface area contributed by atoms with Gasteiger partial charge >= 0.3 is 0 Å². The van der Waals surface area contributed by atoms with Crippen LogP contribution in [0, 0.1) is 11.7 Å². The molecule has 0 unspecified atom stereocenters. The monoisotopic (exact) mass is 283 g/mol. The van der Waals surface area contributed by atoms with E-state index >= 15 is 0 Å². The summed E-state index contributed by atoms with van der Waals surface area (Å²) in [6.07, 6.45) is 8.00. The maximum absolute atomic E-state index is 13.6. The molecule has 1 aromatic carbocycles. The summed E-state index contributed by atoms with van der Waals surface area (Å²) in [5.74, 6) is 0.551. The molecule has 1 nitrogen and oxygen atoms in total. The van der Waals surface area contributed by atoms with E-state index in [0.717, 1.165) is 5.92 Å². The van der Waals surface area contributed by atoms with Gasteiger partial charge in [0.1, 0.15) is 5.82 Å². The molecule has 1 aliphatic carbocycles. The average molecular weight is 284 g/mol. The first-order valence-electron chi connectivity index (χ1n) is 7.34. The van der Waals surface area contributed by atoms with E-state index in [9.17, 15) is 4.39 Å². The van der Waals surface area contributed by atoms with Crippen molar-refractivity contribution in [2.45, 2.75) is 58.0 Å². The zero-order valence-corrected chi connectivity index (χ0v) is 12.3. The van der Waals surface area contributed by atoms with Crippen LogP contribution in [0.4, 0.5) is 4.39 Å². The summed E-state index contributed by atoms with van der Waals surface area (Å²) in [5.41, 5.74) is 0.660. The van der Waals surface area contributed by atoms with E-state index in [4.69, 9.17) is 11.6 Å². The molecule has 0 amide bonds. The number of halogens is 2. The van der Waals surface area contributed by atoms with Crippen LogP contribution in [-0.2, 0) is 6.54 Å². The fourth-order valence-electron chi connectivity index (χ4n) is 2.93. The molecule has 1 atom stereocenters. The molecule has 2 rings (SSSR count). The molecule has 0 heterocycles. The van der Waals surface area contributed by atoms with Gasteiger partial charge in [0.05, 0.1) is 0 Å². The predicted molar refractivity (Wildman–Crippen MR) is 78.9 cm³/mol. The Morgan fingerprint density at radius 2 is 1.95 bits per heavy atom. The molecular formula is C16H23ClFN. The molecule has 1 aromatic rings. The maximum atomic E-state index is 13.6. The smallest absolute Gasteiger partial charge is 0.127 e. The minimum absolute atomic E-state index is 0.176. The summed E-state index contributed by atoms with van der Waals surface area (Å²) >= 11 is 5.91. The standard InChI is InChI=1S/C16H23ClFN/c1-12(13-6-4-2-3-5-7-13)19-11-14-10-15(17)8-9-16(14)18/h8-10,12-13,19H,2-7,11H2,1H3/t12-/m0/s1. The summed E-state index contributed by atoms with van der Waals surface area (Å²) in [7, 11) is 0. The molecule has 106 valence electrons. The molecular weight excluding hydrogens is 261 g/mol. The van der Waals surface area contributed by atoms with Crippen LogP contribution >= 0.6 is 11.6 Å². The van der Waals surface area contributed by atoms with Gasteiger partial charge < -0.3 is 5.32 Å². The minimum atomic E-state index is -0.176. The summed E-state index contributed by atoms with van der Waals surface area (Å²) in [6.45, 7) is 2.78. The quantitative estimate of drug-likeness (QED) is 0.773. The Balaban J connectivity index is 1.88. The summed E-state index contributed by atoms with van der Waals surface area (Å²) in [4.78, 5) is 0. The number of rotatable bonds is 4. The van der Waals surface area contributed by atoms with E-state index in [1.165, 1.54) is 44.6 Å². The van der Waals surface area contributed by atoms with Gasteiger partial charge in [0.15, 0.2) is 0 Å². The molecule has 0 aromatic heterocycles. The van der Waals surface area contributed by atoms with Crippen LogP contribution in [0.2, 0.25) is 5.02 Å². The third-order valence-corrected chi connectivity index (χ3v) is 4.46. The lowest BCUT2D eigenvalue weighted by molar-refractivity contribution is 0.335. The zero-order chi connectivity index (χ0) is 13.7. The Labute approximate surface area is 120 Å². The molecule has 1 saturated carbocycles. The largest absolute Gasteiger partial charge is 0.310 e. The molecule has 0 saturated heterocycles. The zero-order valence-electron chi connectivity index (χ0n) is 11.6. The number of hydrogen-bond donors (Lipinski definition) is 1. The van der Waals surface area contributed by atoms with Gasteiger partial charge in [-0.05, 0) is 43.9 Å². The van der Waals surface area contributed by atoms with Crippen LogP contribution in [0.1, 0.15) is 51.0 Å². The van der Waals surface area contributed by atoms with Crippen LogP contribution in [-0.4, -0.2) is 6.04 Å². The third kappa shape index (κ3) is 4.47. The average Bonchev–Trinajstić information content (AvgIpc) is 2.68. The Morgan fingerprint density at radius 1 is 1.26 bits per heavy atom. The summed E-state index contributed by atoms with van der Waals surface area (Å²) in [5, 5.41) is 4.06. The van der Waals surface area contributed by atoms with Crippen molar-refractivity contribution < 1.29 is 4.39 Å². The molecule has 1 N–H and O–H groups in total. The van der Waals surface area contributed by atoms with Crippen molar-refractivity contribution in [1.82, 2.24) is 5.32 Å². The lowest BCUT2D eigenvalue weighted by Crippen LogP contribution is -2.33. The Kier molecular flexibility index (Phi) is 5.65. The van der Waals surface area contributed by atoms with E-state index < -0.39 is 0 Å². The molecule has 0 bridgehead atoms. The van der Waals surface area contributed by atoms with Gasteiger partial charge in [0.25, 0.3) is 0 Å². The Bertz CT molecular complexity index is 400. The van der Waals surface area contributed by atoms with Gasteiger partial charge in [0.2, 0.25) is 0 Å². The predicted octanol–water partition coefficient (Wildman–Crippen LogP) is 4.93. The van der Waals surface area contributed by atoms with Crippen LogP contribution < -0.4 is 5.32 Å². The number of hydrogen-bond acceptors (Lipinski definition) is 1. The van der Waals surface area contributed by atoms with Gasteiger partial charge in [-0.3, -0.25) is 0 Å².